The van der Waals surface area contributed by atoms with Gasteiger partial charge in [-0.1, -0.05) is 12.1 Å². The minimum Gasteiger partial charge on any atom is -0.496 e. The summed E-state index contributed by atoms with van der Waals surface area (Å²) < 4.78 is 10.7. The molecule has 0 fully saturated rings. The standard InChI is InChI=1S/C13H16O3/c1-15-12-5-3-4-10-8-13(9-14,16-2)7-6-11(10)12/h3-5,9H,6-8H2,1-2H3. The molecule has 1 aliphatic carbocycles. The third-order valence-corrected chi connectivity index (χ3v) is 3.36. The lowest BCUT2D eigenvalue weighted by Crippen LogP contribution is -2.39. The van der Waals surface area contributed by atoms with Crippen molar-refractivity contribution in [3.05, 3.63) is 29.3 Å². The smallest absolute Gasteiger partial charge is 0.152 e. The summed E-state index contributed by atoms with van der Waals surface area (Å²) in [6.45, 7) is 0. The maximum atomic E-state index is 11.1. The number of benzene rings is 1. The van der Waals surface area contributed by atoms with Gasteiger partial charge < -0.3 is 14.3 Å². The zero-order chi connectivity index (χ0) is 11.6. The van der Waals surface area contributed by atoms with Gasteiger partial charge in [-0.2, -0.15) is 0 Å². The molecule has 0 radical (unpaired) electrons. The average molecular weight is 220 g/mol. The van der Waals surface area contributed by atoms with Gasteiger partial charge in [-0.05, 0) is 30.0 Å². The molecule has 3 nitrogen and oxygen atoms in total. The van der Waals surface area contributed by atoms with E-state index in [1.165, 1.54) is 5.56 Å². The molecule has 0 aliphatic heterocycles. The average Bonchev–Trinajstić information content (AvgIpc) is 2.37. The summed E-state index contributed by atoms with van der Waals surface area (Å²) in [5.41, 5.74) is 1.72. The van der Waals surface area contributed by atoms with E-state index in [0.29, 0.717) is 6.42 Å². The van der Waals surface area contributed by atoms with Gasteiger partial charge in [-0.3, -0.25) is 0 Å². The molecular formula is C13H16O3. The van der Waals surface area contributed by atoms with Crippen LogP contribution in [0.5, 0.6) is 5.75 Å². The number of methoxy groups -OCH3 is 2. The van der Waals surface area contributed by atoms with Gasteiger partial charge in [-0.15, -0.1) is 0 Å². The zero-order valence-corrected chi connectivity index (χ0v) is 9.66. The predicted octanol–water partition coefficient (Wildman–Crippen LogP) is 1.77. The monoisotopic (exact) mass is 220 g/mol. The van der Waals surface area contributed by atoms with Crippen molar-refractivity contribution >= 4 is 6.29 Å². The Hall–Kier alpha value is -1.35. The molecule has 1 unspecified atom stereocenters. The molecule has 0 saturated carbocycles. The molecule has 1 aliphatic rings. The molecule has 0 aromatic heterocycles. The number of hydrogen-bond acceptors (Lipinski definition) is 3. The highest BCUT2D eigenvalue weighted by Gasteiger charge is 2.35. The molecule has 0 bridgehead atoms. The third kappa shape index (κ3) is 1.71. The second kappa shape index (κ2) is 4.26. The number of rotatable bonds is 3. The quantitative estimate of drug-likeness (QED) is 0.728. The van der Waals surface area contributed by atoms with E-state index in [1.54, 1.807) is 14.2 Å². The molecular weight excluding hydrogens is 204 g/mol. The van der Waals surface area contributed by atoms with Gasteiger partial charge in [0.25, 0.3) is 0 Å². The molecule has 1 aromatic rings. The first-order valence-electron chi connectivity index (χ1n) is 5.41. The normalized spacial score (nSPS) is 23.6. The van der Waals surface area contributed by atoms with Crippen LogP contribution in [-0.4, -0.2) is 26.1 Å². The maximum absolute atomic E-state index is 11.1. The Balaban J connectivity index is 2.38. The molecule has 0 spiro atoms. The highest BCUT2D eigenvalue weighted by Crippen LogP contribution is 2.34. The van der Waals surface area contributed by atoms with Crippen LogP contribution in [0.3, 0.4) is 0 Å². The molecule has 0 saturated heterocycles. The van der Waals surface area contributed by atoms with Crippen LogP contribution in [0.1, 0.15) is 17.5 Å². The number of carbonyl (C=O) groups excluding carboxylic acids is 1. The Bertz CT molecular complexity index is 400. The first-order valence-corrected chi connectivity index (χ1v) is 5.41. The topological polar surface area (TPSA) is 35.5 Å². The minimum atomic E-state index is -0.640. The molecule has 0 heterocycles. The highest BCUT2D eigenvalue weighted by molar-refractivity contribution is 5.65. The number of carbonyl (C=O) groups is 1. The van der Waals surface area contributed by atoms with Crippen LogP contribution in [0.4, 0.5) is 0 Å². The molecule has 16 heavy (non-hydrogen) atoms. The summed E-state index contributed by atoms with van der Waals surface area (Å²) in [7, 11) is 3.27. The van der Waals surface area contributed by atoms with Crippen molar-refractivity contribution in [2.75, 3.05) is 14.2 Å². The first kappa shape index (κ1) is 11.1. The Labute approximate surface area is 95.4 Å². The van der Waals surface area contributed by atoms with Crippen molar-refractivity contribution in [3.63, 3.8) is 0 Å². The lowest BCUT2D eigenvalue weighted by atomic mass is 9.81. The van der Waals surface area contributed by atoms with E-state index in [2.05, 4.69) is 0 Å². The van der Waals surface area contributed by atoms with Gasteiger partial charge in [-0.25, -0.2) is 0 Å². The van der Waals surface area contributed by atoms with Crippen molar-refractivity contribution in [3.8, 4) is 5.75 Å². The fourth-order valence-corrected chi connectivity index (χ4v) is 2.32. The number of aldehydes is 1. The lowest BCUT2D eigenvalue weighted by molar-refractivity contribution is -0.128. The Morgan fingerprint density at radius 3 is 2.81 bits per heavy atom. The Morgan fingerprint density at radius 2 is 2.19 bits per heavy atom. The summed E-state index contributed by atoms with van der Waals surface area (Å²) in [5.74, 6) is 0.910. The third-order valence-electron chi connectivity index (χ3n) is 3.36. The van der Waals surface area contributed by atoms with Gasteiger partial charge in [0.2, 0.25) is 0 Å². The fraction of sp³-hybridized carbons (Fsp3) is 0.462. The minimum absolute atomic E-state index is 0.638. The van der Waals surface area contributed by atoms with Gasteiger partial charge in [0.1, 0.15) is 11.4 Å². The summed E-state index contributed by atoms with van der Waals surface area (Å²) in [6, 6.07) is 5.95. The number of hydrogen-bond donors (Lipinski definition) is 0. The van der Waals surface area contributed by atoms with Crippen molar-refractivity contribution in [2.45, 2.75) is 24.9 Å². The fourth-order valence-electron chi connectivity index (χ4n) is 2.32. The van der Waals surface area contributed by atoms with Gasteiger partial charge in [0.05, 0.1) is 7.11 Å². The predicted molar refractivity (Wildman–Crippen MR) is 60.8 cm³/mol. The van der Waals surface area contributed by atoms with Crippen molar-refractivity contribution < 1.29 is 14.3 Å². The van der Waals surface area contributed by atoms with Crippen LogP contribution >= 0.6 is 0 Å². The second-order valence-electron chi connectivity index (χ2n) is 4.16. The SMILES string of the molecule is COc1cccc2c1CCC(C=O)(OC)C2. The second-order valence-corrected chi connectivity index (χ2v) is 4.16. The largest absolute Gasteiger partial charge is 0.496 e. The Kier molecular flexibility index (Phi) is 2.97. The molecule has 1 aromatic carbocycles. The lowest BCUT2D eigenvalue weighted by Gasteiger charge is -2.32. The van der Waals surface area contributed by atoms with Crippen LogP contribution in [0.15, 0.2) is 18.2 Å². The maximum Gasteiger partial charge on any atom is 0.152 e. The van der Waals surface area contributed by atoms with Crippen molar-refractivity contribution in [1.82, 2.24) is 0 Å². The van der Waals surface area contributed by atoms with E-state index in [4.69, 9.17) is 9.47 Å². The van der Waals surface area contributed by atoms with Crippen molar-refractivity contribution in [2.24, 2.45) is 0 Å². The van der Waals surface area contributed by atoms with Crippen LogP contribution in [0, 0.1) is 0 Å². The Morgan fingerprint density at radius 1 is 1.38 bits per heavy atom. The number of fused-ring (bicyclic) bond motifs is 1. The molecule has 0 amide bonds. The molecule has 0 N–H and O–H groups in total. The van der Waals surface area contributed by atoms with Crippen LogP contribution in [0.2, 0.25) is 0 Å². The molecule has 3 heteroatoms. The van der Waals surface area contributed by atoms with Crippen LogP contribution in [0.25, 0.3) is 0 Å². The summed E-state index contributed by atoms with van der Waals surface area (Å²) >= 11 is 0. The van der Waals surface area contributed by atoms with Crippen LogP contribution in [-0.2, 0) is 22.4 Å². The van der Waals surface area contributed by atoms with Crippen molar-refractivity contribution in [1.29, 1.82) is 0 Å². The van der Waals surface area contributed by atoms with Crippen LogP contribution < -0.4 is 4.74 Å². The molecule has 86 valence electrons. The summed E-state index contributed by atoms with van der Waals surface area (Å²) in [5, 5.41) is 0. The zero-order valence-electron chi connectivity index (χ0n) is 9.66. The van der Waals surface area contributed by atoms with E-state index < -0.39 is 5.60 Å². The molecule has 1 atom stereocenters. The summed E-state index contributed by atoms with van der Waals surface area (Å²) in [4.78, 5) is 11.1. The molecule has 2 rings (SSSR count). The van der Waals surface area contributed by atoms with E-state index >= 15 is 0 Å². The summed E-state index contributed by atoms with van der Waals surface area (Å²) in [6.07, 6.45) is 3.11. The first-order chi connectivity index (χ1) is 7.74. The van der Waals surface area contributed by atoms with Gasteiger partial charge in [0, 0.05) is 13.5 Å². The number of ether oxygens (including phenoxy) is 2. The van der Waals surface area contributed by atoms with E-state index in [-0.39, 0.29) is 0 Å². The highest BCUT2D eigenvalue weighted by atomic mass is 16.5. The van der Waals surface area contributed by atoms with E-state index in [1.807, 2.05) is 18.2 Å². The van der Waals surface area contributed by atoms with E-state index in [9.17, 15) is 4.79 Å². The van der Waals surface area contributed by atoms with Gasteiger partial charge in [0.15, 0.2) is 6.29 Å². The van der Waals surface area contributed by atoms with E-state index in [0.717, 1.165) is 30.4 Å². The van der Waals surface area contributed by atoms with Gasteiger partial charge >= 0.3 is 0 Å².